The zero-order chi connectivity index (χ0) is 12.8. The van der Waals surface area contributed by atoms with Crippen LogP contribution in [0.5, 0.6) is 0 Å². The first kappa shape index (κ1) is 12.1. The lowest BCUT2D eigenvalue weighted by Gasteiger charge is -2.30. The molecule has 0 radical (unpaired) electrons. The van der Waals surface area contributed by atoms with Crippen molar-refractivity contribution in [2.75, 3.05) is 20.8 Å². The van der Waals surface area contributed by atoms with Crippen LogP contribution in [0.25, 0.3) is 0 Å². The van der Waals surface area contributed by atoms with E-state index in [-0.39, 0.29) is 12.0 Å². The summed E-state index contributed by atoms with van der Waals surface area (Å²) in [5.74, 6) is -0.837. The molecule has 0 bridgehead atoms. The van der Waals surface area contributed by atoms with Crippen molar-refractivity contribution in [1.29, 1.82) is 0 Å². The number of methoxy groups -OCH3 is 2. The van der Waals surface area contributed by atoms with Crippen LogP contribution >= 0.6 is 0 Å². The van der Waals surface area contributed by atoms with Crippen LogP contribution in [0.3, 0.4) is 0 Å². The average molecular weight is 249 g/mol. The Morgan fingerprint density at radius 2 is 2.00 bits per heavy atom. The summed E-state index contributed by atoms with van der Waals surface area (Å²) in [7, 11) is 3.26. The van der Waals surface area contributed by atoms with Gasteiger partial charge in [-0.1, -0.05) is 31.2 Å². The van der Waals surface area contributed by atoms with Crippen molar-refractivity contribution in [3.63, 3.8) is 0 Å². The normalized spacial score (nSPS) is 29.9. The Morgan fingerprint density at radius 3 is 2.72 bits per heavy atom. The highest BCUT2D eigenvalue weighted by atomic mass is 16.9. The van der Waals surface area contributed by atoms with Gasteiger partial charge in [0.2, 0.25) is 0 Å². The van der Waals surface area contributed by atoms with Crippen LogP contribution in [-0.2, 0) is 20.7 Å². The minimum Gasteiger partial charge on any atom is -0.329 e. The Morgan fingerprint density at radius 1 is 1.28 bits per heavy atom. The largest absolute Gasteiger partial charge is 0.329 e. The Hall–Kier alpha value is -0.940. The lowest BCUT2D eigenvalue weighted by atomic mass is 9.86. The van der Waals surface area contributed by atoms with Crippen molar-refractivity contribution in [1.82, 2.24) is 5.06 Å². The molecular weight excluding hydrogens is 230 g/mol. The molecule has 18 heavy (non-hydrogen) atoms. The zero-order valence-electron chi connectivity index (χ0n) is 11.1. The molecule has 0 aliphatic carbocycles. The summed E-state index contributed by atoms with van der Waals surface area (Å²) in [6, 6.07) is 8.74. The van der Waals surface area contributed by atoms with Gasteiger partial charge in [-0.05, 0) is 17.5 Å². The first-order chi connectivity index (χ1) is 8.72. The molecule has 2 atom stereocenters. The molecule has 1 fully saturated rings. The third-order valence-electron chi connectivity index (χ3n) is 4.13. The monoisotopic (exact) mass is 249 g/mol. The van der Waals surface area contributed by atoms with Gasteiger partial charge in [0.15, 0.2) is 0 Å². The smallest absolute Gasteiger partial charge is 0.303 e. The number of fused-ring (bicyclic) bond motifs is 3. The molecule has 98 valence electrons. The number of hydroxylamine groups is 2. The predicted molar refractivity (Wildman–Crippen MR) is 66.6 cm³/mol. The quantitative estimate of drug-likeness (QED) is 0.751. The van der Waals surface area contributed by atoms with Crippen LogP contribution in [0.2, 0.25) is 0 Å². The summed E-state index contributed by atoms with van der Waals surface area (Å²) in [4.78, 5) is 5.91. The van der Waals surface area contributed by atoms with Crippen LogP contribution in [0.15, 0.2) is 24.3 Å². The summed E-state index contributed by atoms with van der Waals surface area (Å²) in [5.41, 5.74) is 2.73. The van der Waals surface area contributed by atoms with Gasteiger partial charge in [-0.25, -0.2) is 4.84 Å². The Balaban J connectivity index is 2.02. The van der Waals surface area contributed by atoms with Crippen molar-refractivity contribution in [3.05, 3.63) is 35.4 Å². The number of hydrogen-bond acceptors (Lipinski definition) is 4. The van der Waals surface area contributed by atoms with E-state index in [1.54, 1.807) is 14.2 Å². The van der Waals surface area contributed by atoms with E-state index in [9.17, 15) is 0 Å². The molecule has 3 rings (SSSR count). The molecule has 0 N–H and O–H groups in total. The SMILES string of the molecule is COC1(OC)ON2CCc3ccccc3[C@@H]2[C@@H]1C. The highest BCUT2D eigenvalue weighted by Gasteiger charge is 2.55. The van der Waals surface area contributed by atoms with E-state index < -0.39 is 5.97 Å². The molecule has 0 amide bonds. The molecule has 0 unspecified atom stereocenters. The molecule has 2 aliphatic heterocycles. The molecule has 1 aromatic carbocycles. The first-order valence-electron chi connectivity index (χ1n) is 6.35. The topological polar surface area (TPSA) is 30.9 Å². The number of nitrogens with zero attached hydrogens (tertiary/aromatic N) is 1. The van der Waals surface area contributed by atoms with Crippen molar-refractivity contribution >= 4 is 0 Å². The van der Waals surface area contributed by atoms with Crippen molar-refractivity contribution in [2.24, 2.45) is 5.92 Å². The highest BCUT2D eigenvalue weighted by molar-refractivity contribution is 5.33. The van der Waals surface area contributed by atoms with Crippen molar-refractivity contribution in [3.8, 4) is 0 Å². The van der Waals surface area contributed by atoms with Gasteiger partial charge < -0.3 is 9.47 Å². The molecular formula is C14H19NO3. The molecule has 2 heterocycles. The molecule has 0 saturated carbocycles. The second-order valence-corrected chi connectivity index (χ2v) is 4.93. The number of rotatable bonds is 2. The molecule has 1 saturated heterocycles. The molecule has 4 nitrogen and oxygen atoms in total. The second-order valence-electron chi connectivity index (χ2n) is 4.93. The number of benzene rings is 1. The summed E-state index contributed by atoms with van der Waals surface area (Å²) in [6.07, 6.45) is 1.00. The standard InChI is InChI=1S/C14H19NO3/c1-10-13-12-7-5-4-6-11(12)8-9-15(13)18-14(10,16-2)17-3/h4-7,10,13H,8-9H2,1-3H3/t10-,13-/m0/s1. The third-order valence-corrected chi connectivity index (χ3v) is 4.13. The second kappa shape index (κ2) is 4.31. The lowest BCUT2D eigenvalue weighted by Crippen LogP contribution is -2.39. The fourth-order valence-electron chi connectivity index (χ4n) is 3.17. The predicted octanol–water partition coefficient (Wildman–Crippen LogP) is 2.11. The van der Waals surface area contributed by atoms with Crippen LogP contribution in [0.4, 0.5) is 0 Å². The van der Waals surface area contributed by atoms with E-state index in [0.29, 0.717) is 0 Å². The van der Waals surface area contributed by atoms with Gasteiger partial charge in [0, 0.05) is 20.8 Å². The molecule has 4 heteroatoms. The van der Waals surface area contributed by atoms with E-state index in [1.165, 1.54) is 11.1 Å². The van der Waals surface area contributed by atoms with Gasteiger partial charge in [-0.2, -0.15) is 5.06 Å². The van der Waals surface area contributed by atoms with E-state index in [2.05, 4.69) is 31.2 Å². The van der Waals surface area contributed by atoms with Crippen LogP contribution in [0, 0.1) is 5.92 Å². The fourth-order valence-corrected chi connectivity index (χ4v) is 3.17. The minimum atomic E-state index is -0.956. The number of ether oxygens (including phenoxy) is 2. The Kier molecular flexibility index (Phi) is 2.90. The molecule has 2 aliphatic rings. The number of hydrogen-bond donors (Lipinski definition) is 0. The maximum absolute atomic E-state index is 5.91. The van der Waals surface area contributed by atoms with Crippen molar-refractivity contribution in [2.45, 2.75) is 25.4 Å². The van der Waals surface area contributed by atoms with E-state index in [0.717, 1.165) is 13.0 Å². The summed E-state index contributed by atoms with van der Waals surface area (Å²) < 4.78 is 11.0. The van der Waals surface area contributed by atoms with Crippen LogP contribution < -0.4 is 0 Å². The summed E-state index contributed by atoms with van der Waals surface area (Å²) in [5, 5.41) is 2.00. The fraction of sp³-hybridized carbons (Fsp3) is 0.571. The maximum atomic E-state index is 5.91. The van der Waals surface area contributed by atoms with Crippen LogP contribution in [-0.4, -0.2) is 31.8 Å². The lowest BCUT2D eigenvalue weighted by molar-refractivity contribution is -0.410. The average Bonchev–Trinajstić information content (AvgIpc) is 2.72. The molecule has 0 spiro atoms. The van der Waals surface area contributed by atoms with E-state index in [4.69, 9.17) is 14.3 Å². The van der Waals surface area contributed by atoms with E-state index in [1.807, 2.05) is 5.06 Å². The zero-order valence-corrected chi connectivity index (χ0v) is 11.1. The summed E-state index contributed by atoms with van der Waals surface area (Å²) >= 11 is 0. The Bertz CT molecular complexity index is 444. The summed E-state index contributed by atoms with van der Waals surface area (Å²) in [6.45, 7) is 2.99. The third kappa shape index (κ3) is 1.53. The molecule has 1 aromatic rings. The van der Waals surface area contributed by atoms with Gasteiger partial charge in [-0.15, -0.1) is 0 Å². The van der Waals surface area contributed by atoms with Gasteiger partial charge >= 0.3 is 5.97 Å². The highest BCUT2D eigenvalue weighted by Crippen LogP contribution is 2.48. The van der Waals surface area contributed by atoms with Crippen molar-refractivity contribution < 1.29 is 14.3 Å². The molecule has 0 aromatic heterocycles. The minimum absolute atomic E-state index is 0.119. The van der Waals surface area contributed by atoms with E-state index >= 15 is 0 Å². The van der Waals surface area contributed by atoms with Gasteiger partial charge in [0.25, 0.3) is 0 Å². The Labute approximate surface area is 107 Å². The maximum Gasteiger partial charge on any atom is 0.303 e. The van der Waals surface area contributed by atoms with Gasteiger partial charge in [0.1, 0.15) is 0 Å². The van der Waals surface area contributed by atoms with Crippen LogP contribution in [0.1, 0.15) is 24.1 Å². The van der Waals surface area contributed by atoms with Gasteiger partial charge in [0.05, 0.1) is 12.0 Å². The first-order valence-corrected chi connectivity index (χ1v) is 6.35. The van der Waals surface area contributed by atoms with Gasteiger partial charge in [-0.3, -0.25) is 0 Å².